The first-order chi connectivity index (χ1) is 6.90. The number of methoxy groups -OCH3 is 1. The molecule has 2 heteroatoms. The van der Waals surface area contributed by atoms with Gasteiger partial charge in [-0.25, -0.2) is 0 Å². The molecule has 1 aliphatic rings. The molecule has 0 unspecified atom stereocenters. The summed E-state index contributed by atoms with van der Waals surface area (Å²) in [5, 5.41) is 3.39. The zero-order chi connectivity index (χ0) is 9.80. The maximum Gasteiger partial charge on any atom is 0.122 e. The van der Waals surface area contributed by atoms with Crippen molar-refractivity contribution in [3.63, 3.8) is 0 Å². The minimum atomic E-state index is 0.784. The van der Waals surface area contributed by atoms with Crippen molar-refractivity contribution < 1.29 is 4.74 Å². The average Bonchev–Trinajstić information content (AvgIpc) is 2.71. The molecule has 0 spiro atoms. The monoisotopic (exact) mass is 191 g/mol. The van der Waals surface area contributed by atoms with Crippen LogP contribution in [0.3, 0.4) is 0 Å². The molecule has 1 heterocycles. The highest BCUT2D eigenvalue weighted by Crippen LogP contribution is 2.23. The number of hydrogen-bond acceptors (Lipinski definition) is 2. The number of benzene rings is 1. The summed E-state index contributed by atoms with van der Waals surface area (Å²) in [7, 11) is 1.74. The van der Waals surface area contributed by atoms with Crippen molar-refractivity contribution in [2.24, 2.45) is 5.92 Å². The first-order valence-electron chi connectivity index (χ1n) is 5.23. The van der Waals surface area contributed by atoms with Gasteiger partial charge in [-0.15, -0.1) is 0 Å². The van der Waals surface area contributed by atoms with E-state index >= 15 is 0 Å². The predicted octanol–water partition coefficient (Wildman–Crippen LogP) is 1.85. The normalized spacial score (nSPS) is 21.1. The van der Waals surface area contributed by atoms with Crippen LogP contribution in [-0.4, -0.2) is 20.2 Å². The fraction of sp³-hybridized carbons (Fsp3) is 0.500. The van der Waals surface area contributed by atoms with Gasteiger partial charge in [0.05, 0.1) is 7.11 Å². The molecule has 1 N–H and O–H groups in total. The molecular weight excluding hydrogens is 174 g/mol. The third-order valence-corrected chi connectivity index (χ3v) is 2.86. The summed E-state index contributed by atoms with van der Waals surface area (Å²) in [5.41, 5.74) is 1.34. The average molecular weight is 191 g/mol. The smallest absolute Gasteiger partial charge is 0.122 e. The van der Waals surface area contributed by atoms with Crippen molar-refractivity contribution in [1.82, 2.24) is 5.32 Å². The molecule has 0 bridgehead atoms. The minimum absolute atomic E-state index is 0.784. The lowest BCUT2D eigenvalue weighted by molar-refractivity contribution is 0.405. The SMILES string of the molecule is COc1ccccc1C[C@H]1CCNC1. The van der Waals surface area contributed by atoms with Crippen molar-refractivity contribution in [3.05, 3.63) is 29.8 Å². The Labute approximate surface area is 85.3 Å². The van der Waals surface area contributed by atoms with Gasteiger partial charge in [0.15, 0.2) is 0 Å². The van der Waals surface area contributed by atoms with E-state index in [1.54, 1.807) is 7.11 Å². The van der Waals surface area contributed by atoms with E-state index in [2.05, 4.69) is 17.4 Å². The van der Waals surface area contributed by atoms with Gasteiger partial charge in [-0.2, -0.15) is 0 Å². The van der Waals surface area contributed by atoms with Crippen LogP contribution in [0.5, 0.6) is 5.75 Å². The molecule has 0 aliphatic carbocycles. The summed E-state index contributed by atoms with van der Waals surface area (Å²) in [6.45, 7) is 2.32. The van der Waals surface area contributed by atoms with E-state index in [-0.39, 0.29) is 0 Å². The quantitative estimate of drug-likeness (QED) is 0.787. The molecular formula is C12H17NO. The first-order valence-corrected chi connectivity index (χ1v) is 5.23. The number of rotatable bonds is 3. The summed E-state index contributed by atoms with van der Waals surface area (Å²) in [5.74, 6) is 1.81. The Balaban J connectivity index is 2.07. The van der Waals surface area contributed by atoms with Gasteiger partial charge in [-0.05, 0) is 43.5 Å². The molecule has 0 radical (unpaired) electrons. The molecule has 0 saturated carbocycles. The van der Waals surface area contributed by atoms with Gasteiger partial charge < -0.3 is 10.1 Å². The van der Waals surface area contributed by atoms with Crippen LogP contribution in [0.1, 0.15) is 12.0 Å². The fourth-order valence-electron chi connectivity index (χ4n) is 2.07. The lowest BCUT2D eigenvalue weighted by Crippen LogP contribution is -2.11. The molecule has 14 heavy (non-hydrogen) atoms. The Morgan fingerprint density at radius 1 is 1.43 bits per heavy atom. The third kappa shape index (κ3) is 2.07. The summed E-state index contributed by atoms with van der Waals surface area (Å²) in [4.78, 5) is 0. The van der Waals surface area contributed by atoms with Crippen LogP contribution in [0.25, 0.3) is 0 Å². The molecule has 0 amide bonds. The van der Waals surface area contributed by atoms with E-state index in [1.807, 2.05) is 12.1 Å². The van der Waals surface area contributed by atoms with E-state index in [0.717, 1.165) is 24.6 Å². The van der Waals surface area contributed by atoms with E-state index in [4.69, 9.17) is 4.74 Å². The molecule has 76 valence electrons. The Morgan fingerprint density at radius 2 is 2.29 bits per heavy atom. The van der Waals surface area contributed by atoms with Gasteiger partial charge in [0.1, 0.15) is 5.75 Å². The van der Waals surface area contributed by atoms with Crippen molar-refractivity contribution in [2.45, 2.75) is 12.8 Å². The summed E-state index contributed by atoms with van der Waals surface area (Å²) >= 11 is 0. The molecule has 1 atom stereocenters. The third-order valence-electron chi connectivity index (χ3n) is 2.86. The summed E-state index contributed by atoms with van der Waals surface area (Å²) in [6.07, 6.45) is 2.43. The Kier molecular flexibility index (Phi) is 3.04. The molecule has 1 aromatic carbocycles. The Morgan fingerprint density at radius 3 is 3.00 bits per heavy atom. The second kappa shape index (κ2) is 4.47. The zero-order valence-electron chi connectivity index (χ0n) is 8.62. The van der Waals surface area contributed by atoms with Crippen molar-refractivity contribution in [3.8, 4) is 5.75 Å². The van der Waals surface area contributed by atoms with E-state index in [1.165, 1.54) is 18.5 Å². The van der Waals surface area contributed by atoms with E-state index in [0.29, 0.717) is 0 Å². The van der Waals surface area contributed by atoms with E-state index < -0.39 is 0 Å². The molecule has 1 aromatic rings. The standard InChI is InChI=1S/C12H17NO/c1-14-12-5-3-2-4-11(12)8-10-6-7-13-9-10/h2-5,10,13H,6-9H2,1H3/t10-/m1/s1. The van der Waals surface area contributed by atoms with Crippen LogP contribution in [0, 0.1) is 5.92 Å². The van der Waals surface area contributed by atoms with Crippen LogP contribution in [0.4, 0.5) is 0 Å². The van der Waals surface area contributed by atoms with E-state index in [9.17, 15) is 0 Å². The molecule has 2 rings (SSSR count). The molecule has 0 aromatic heterocycles. The Bertz CT molecular complexity index is 292. The highest BCUT2D eigenvalue weighted by Gasteiger charge is 2.16. The summed E-state index contributed by atoms with van der Waals surface area (Å²) < 4.78 is 5.34. The second-order valence-corrected chi connectivity index (χ2v) is 3.87. The zero-order valence-corrected chi connectivity index (χ0v) is 8.62. The topological polar surface area (TPSA) is 21.3 Å². The van der Waals surface area contributed by atoms with Gasteiger partial charge in [0.25, 0.3) is 0 Å². The van der Waals surface area contributed by atoms with Gasteiger partial charge >= 0.3 is 0 Å². The van der Waals surface area contributed by atoms with Crippen molar-refractivity contribution in [1.29, 1.82) is 0 Å². The summed E-state index contributed by atoms with van der Waals surface area (Å²) in [6, 6.07) is 8.31. The largest absolute Gasteiger partial charge is 0.496 e. The first kappa shape index (κ1) is 9.53. The van der Waals surface area contributed by atoms with Gasteiger partial charge in [0, 0.05) is 0 Å². The maximum atomic E-state index is 5.34. The maximum absolute atomic E-state index is 5.34. The van der Waals surface area contributed by atoms with Gasteiger partial charge in [-0.1, -0.05) is 18.2 Å². The highest BCUT2D eigenvalue weighted by atomic mass is 16.5. The van der Waals surface area contributed by atoms with Gasteiger partial charge in [-0.3, -0.25) is 0 Å². The van der Waals surface area contributed by atoms with Crippen LogP contribution >= 0.6 is 0 Å². The number of para-hydroxylation sites is 1. The molecule has 1 saturated heterocycles. The molecule has 1 aliphatic heterocycles. The second-order valence-electron chi connectivity index (χ2n) is 3.87. The lowest BCUT2D eigenvalue weighted by Gasteiger charge is -2.11. The van der Waals surface area contributed by atoms with Crippen LogP contribution in [0.2, 0.25) is 0 Å². The lowest BCUT2D eigenvalue weighted by atomic mass is 9.98. The van der Waals surface area contributed by atoms with Crippen LogP contribution in [-0.2, 0) is 6.42 Å². The number of ether oxygens (including phenoxy) is 1. The Hall–Kier alpha value is -1.02. The highest BCUT2D eigenvalue weighted by molar-refractivity contribution is 5.33. The molecule has 2 nitrogen and oxygen atoms in total. The minimum Gasteiger partial charge on any atom is -0.496 e. The van der Waals surface area contributed by atoms with Gasteiger partial charge in [0.2, 0.25) is 0 Å². The van der Waals surface area contributed by atoms with Crippen molar-refractivity contribution in [2.75, 3.05) is 20.2 Å². The van der Waals surface area contributed by atoms with Crippen molar-refractivity contribution >= 4 is 0 Å². The molecule has 1 fully saturated rings. The van der Waals surface area contributed by atoms with Crippen LogP contribution in [0.15, 0.2) is 24.3 Å². The van der Waals surface area contributed by atoms with Crippen LogP contribution < -0.4 is 10.1 Å². The fourth-order valence-corrected chi connectivity index (χ4v) is 2.07. The number of hydrogen-bond donors (Lipinski definition) is 1. The predicted molar refractivity (Wildman–Crippen MR) is 57.7 cm³/mol. The number of nitrogens with one attached hydrogen (secondary N) is 1.